The molecule has 0 heterocycles. The maximum Gasteiger partial charge on any atom is 0.142 e. The molecule has 0 saturated carbocycles. The van der Waals surface area contributed by atoms with Crippen LogP contribution in [0.5, 0.6) is 0 Å². The smallest absolute Gasteiger partial charge is 0.142 e. The van der Waals surface area contributed by atoms with Crippen LogP contribution in [0.4, 0.5) is 0 Å². The highest BCUT2D eigenvalue weighted by molar-refractivity contribution is 8.13. The predicted molar refractivity (Wildman–Crippen MR) is 62.9 cm³/mol. The van der Waals surface area contributed by atoms with Gasteiger partial charge in [-0.05, 0) is 30.9 Å². The number of benzene rings is 1. The second-order valence-corrected chi connectivity index (χ2v) is 4.15. The minimum absolute atomic E-state index is 0.481. The van der Waals surface area contributed by atoms with Gasteiger partial charge in [-0.1, -0.05) is 28.9 Å². The van der Waals surface area contributed by atoms with Crippen LogP contribution < -0.4 is 0 Å². The summed E-state index contributed by atoms with van der Waals surface area (Å²) in [5, 5.41) is 5.56. The Morgan fingerprint density at radius 3 is 2.64 bits per heavy atom. The lowest BCUT2D eigenvalue weighted by atomic mass is 10.2. The summed E-state index contributed by atoms with van der Waals surface area (Å²) in [5.74, 6) is 0. The highest BCUT2D eigenvalue weighted by atomic mass is 35.5. The average Bonchev–Trinajstić information content (AvgIpc) is 2.21. The number of oxime groups is 1. The number of thioether (sulfide) groups is 1. The Labute approximate surface area is 93.3 Å². The monoisotopic (exact) mass is 229 g/mol. The molecule has 0 spiro atoms. The molecule has 0 unspecified atom stereocenters. The molecule has 0 aliphatic carbocycles. The summed E-state index contributed by atoms with van der Waals surface area (Å²) in [6.07, 6.45) is 1.96. The number of rotatable bonds is 3. The van der Waals surface area contributed by atoms with E-state index in [0.717, 1.165) is 15.6 Å². The van der Waals surface area contributed by atoms with Crippen LogP contribution in [0.3, 0.4) is 0 Å². The highest BCUT2D eigenvalue weighted by Gasteiger charge is 1.93. The van der Waals surface area contributed by atoms with Crippen LogP contribution >= 0.6 is 23.4 Å². The van der Waals surface area contributed by atoms with Gasteiger partial charge in [0.05, 0.1) is 0 Å². The fourth-order valence-corrected chi connectivity index (χ4v) is 1.07. The van der Waals surface area contributed by atoms with E-state index in [1.807, 2.05) is 37.4 Å². The van der Waals surface area contributed by atoms with Gasteiger partial charge in [-0.25, -0.2) is 0 Å². The summed E-state index contributed by atoms with van der Waals surface area (Å²) in [7, 11) is 0. The molecule has 1 aromatic rings. The topological polar surface area (TPSA) is 21.6 Å². The first-order chi connectivity index (χ1) is 6.72. The third-order valence-electron chi connectivity index (χ3n) is 1.63. The third-order valence-corrected chi connectivity index (χ3v) is 2.55. The quantitative estimate of drug-likeness (QED) is 0.449. The summed E-state index contributed by atoms with van der Waals surface area (Å²) in [6.45, 7) is 2.39. The average molecular weight is 230 g/mol. The first-order valence-corrected chi connectivity index (χ1v) is 5.77. The van der Waals surface area contributed by atoms with Gasteiger partial charge in [-0.2, -0.15) is 0 Å². The van der Waals surface area contributed by atoms with E-state index >= 15 is 0 Å². The molecule has 0 bridgehead atoms. The van der Waals surface area contributed by atoms with Gasteiger partial charge in [0, 0.05) is 5.02 Å². The van der Waals surface area contributed by atoms with Crippen molar-refractivity contribution in [3.63, 3.8) is 0 Å². The molecule has 0 aliphatic heterocycles. The van der Waals surface area contributed by atoms with E-state index in [9.17, 15) is 0 Å². The molecule has 0 aliphatic rings. The lowest BCUT2D eigenvalue weighted by molar-refractivity contribution is 0.131. The van der Waals surface area contributed by atoms with Crippen LogP contribution in [0.15, 0.2) is 29.4 Å². The molecule has 1 rings (SSSR count). The summed E-state index contributed by atoms with van der Waals surface area (Å²) in [4.78, 5) is 5.14. The molecule has 1 aromatic carbocycles. The normalized spacial score (nSPS) is 11.5. The molecule has 0 atom stereocenters. The SMILES string of the molecule is CS/C(C)=N/OCc1ccc(Cl)cc1. The Hall–Kier alpha value is -0.670. The standard InChI is InChI=1S/C10H12ClNOS/c1-8(14-2)12-13-7-9-3-5-10(11)6-4-9/h3-6H,7H2,1-2H3/b12-8+. The largest absolute Gasteiger partial charge is 0.390 e. The maximum atomic E-state index is 5.75. The van der Waals surface area contributed by atoms with Crippen molar-refractivity contribution in [1.29, 1.82) is 0 Å². The Kier molecular flexibility index (Phi) is 4.84. The van der Waals surface area contributed by atoms with Crippen LogP contribution in [0, 0.1) is 0 Å². The summed E-state index contributed by atoms with van der Waals surface area (Å²) < 4.78 is 0. The molecule has 0 aromatic heterocycles. The molecule has 0 amide bonds. The third kappa shape index (κ3) is 4.03. The van der Waals surface area contributed by atoms with Crippen molar-refractivity contribution in [1.82, 2.24) is 0 Å². The van der Waals surface area contributed by atoms with Crippen LogP contribution in [-0.4, -0.2) is 11.3 Å². The number of halogens is 1. The zero-order chi connectivity index (χ0) is 10.4. The van der Waals surface area contributed by atoms with Gasteiger partial charge in [-0.15, -0.1) is 11.8 Å². The lowest BCUT2D eigenvalue weighted by Gasteiger charge is -2.00. The van der Waals surface area contributed by atoms with E-state index in [4.69, 9.17) is 16.4 Å². The number of nitrogens with zero attached hydrogens (tertiary/aromatic N) is 1. The van der Waals surface area contributed by atoms with Crippen molar-refractivity contribution in [2.75, 3.05) is 6.26 Å². The van der Waals surface area contributed by atoms with Crippen molar-refractivity contribution in [2.45, 2.75) is 13.5 Å². The zero-order valence-electron chi connectivity index (χ0n) is 8.16. The van der Waals surface area contributed by atoms with Crippen LogP contribution in [0.2, 0.25) is 5.02 Å². The van der Waals surface area contributed by atoms with Gasteiger partial charge >= 0.3 is 0 Å². The van der Waals surface area contributed by atoms with Crippen molar-refractivity contribution >= 4 is 28.4 Å². The van der Waals surface area contributed by atoms with Crippen LogP contribution in [-0.2, 0) is 11.4 Å². The Bertz CT molecular complexity index is 310. The van der Waals surface area contributed by atoms with E-state index in [2.05, 4.69) is 5.16 Å². The zero-order valence-corrected chi connectivity index (χ0v) is 9.73. The molecule has 2 nitrogen and oxygen atoms in total. The van der Waals surface area contributed by atoms with Crippen molar-refractivity contribution < 1.29 is 4.84 Å². The fraction of sp³-hybridized carbons (Fsp3) is 0.300. The molecule has 14 heavy (non-hydrogen) atoms. The number of hydrogen-bond donors (Lipinski definition) is 0. The van der Waals surface area contributed by atoms with Crippen LogP contribution in [0.1, 0.15) is 12.5 Å². The van der Waals surface area contributed by atoms with E-state index < -0.39 is 0 Å². The first-order valence-electron chi connectivity index (χ1n) is 4.17. The lowest BCUT2D eigenvalue weighted by Crippen LogP contribution is -1.89. The highest BCUT2D eigenvalue weighted by Crippen LogP contribution is 2.10. The van der Waals surface area contributed by atoms with Crippen molar-refractivity contribution in [2.24, 2.45) is 5.16 Å². The molecular weight excluding hydrogens is 218 g/mol. The van der Waals surface area contributed by atoms with Crippen molar-refractivity contribution in [3.05, 3.63) is 34.9 Å². The molecule has 0 radical (unpaired) electrons. The summed E-state index contributed by atoms with van der Waals surface area (Å²) in [6, 6.07) is 7.52. The van der Waals surface area contributed by atoms with Gasteiger partial charge < -0.3 is 4.84 Å². The first kappa shape index (κ1) is 11.4. The molecule has 76 valence electrons. The van der Waals surface area contributed by atoms with Crippen molar-refractivity contribution in [3.8, 4) is 0 Å². The summed E-state index contributed by atoms with van der Waals surface area (Å²) >= 11 is 7.31. The molecule has 0 N–H and O–H groups in total. The van der Waals surface area contributed by atoms with Gasteiger partial charge in [0.1, 0.15) is 11.7 Å². The molecule has 0 saturated heterocycles. The Balaban J connectivity index is 2.42. The van der Waals surface area contributed by atoms with Gasteiger partial charge in [0.15, 0.2) is 0 Å². The minimum Gasteiger partial charge on any atom is -0.390 e. The van der Waals surface area contributed by atoms with Crippen LogP contribution in [0.25, 0.3) is 0 Å². The van der Waals surface area contributed by atoms with E-state index in [1.165, 1.54) is 0 Å². The fourth-order valence-electron chi connectivity index (χ4n) is 0.816. The van der Waals surface area contributed by atoms with Gasteiger partial charge in [-0.3, -0.25) is 0 Å². The molecular formula is C10H12ClNOS. The van der Waals surface area contributed by atoms with Gasteiger partial charge in [0.2, 0.25) is 0 Å². The molecule has 0 fully saturated rings. The Morgan fingerprint density at radius 1 is 1.43 bits per heavy atom. The number of hydrogen-bond acceptors (Lipinski definition) is 3. The second kappa shape index (κ2) is 5.94. The van der Waals surface area contributed by atoms with Gasteiger partial charge in [0.25, 0.3) is 0 Å². The van der Waals surface area contributed by atoms with E-state index in [-0.39, 0.29) is 0 Å². The minimum atomic E-state index is 0.481. The second-order valence-electron chi connectivity index (χ2n) is 2.71. The Morgan fingerprint density at radius 2 is 2.07 bits per heavy atom. The summed E-state index contributed by atoms with van der Waals surface area (Å²) in [5.41, 5.74) is 1.06. The maximum absolute atomic E-state index is 5.75. The molecule has 4 heteroatoms. The van der Waals surface area contributed by atoms with E-state index in [0.29, 0.717) is 6.61 Å². The van der Waals surface area contributed by atoms with E-state index in [1.54, 1.807) is 11.8 Å². The predicted octanol–water partition coefficient (Wildman–Crippen LogP) is 3.55.